The van der Waals surface area contributed by atoms with Crippen LogP contribution in [-0.4, -0.2) is 30.2 Å². The summed E-state index contributed by atoms with van der Waals surface area (Å²) in [5, 5.41) is 18.0. The molecule has 6 rings (SSSR count). The zero-order valence-electron chi connectivity index (χ0n) is 19.6. The first kappa shape index (κ1) is 24.6. The molecule has 3 heterocycles. The van der Waals surface area contributed by atoms with Gasteiger partial charge in [-0.1, -0.05) is 70.8 Å². The van der Waals surface area contributed by atoms with Crippen molar-refractivity contribution < 1.29 is 0 Å². The summed E-state index contributed by atoms with van der Waals surface area (Å²) in [5.41, 5.74) is 10.2. The first-order valence-corrected chi connectivity index (χ1v) is 12.2. The van der Waals surface area contributed by atoms with Gasteiger partial charge in [0, 0.05) is 36.3 Å². The van der Waals surface area contributed by atoms with Crippen LogP contribution in [0.2, 0.25) is 10.0 Å². The zero-order valence-corrected chi connectivity index (χ0v) is 21.1. The van der Waals surface area contributed by atoms with Gasteiger partial charge in [-0.05, 0) is 58.0 Å². The molecular weight excluding hydrogens is 507 g/mol. The highest BCUT2D eigenvalue weighted by atomic mass is 35.5. The van der Waals surface area contributed by atoms with E-state index in [1.54, 1.807) is 18.2 Å². The summed E-state index contributed by atoms with van der Waals surface area (Å²) in [5.74, 6) is 0.470. The Balaban J connectivity index is 0.000000195. The van der Waals surface area contributed by atoms with E-state index in [1.165, 1.54) is 4.68 Å². The predicted molar refractivity (Wildman–Crippen MR) is 148 cm³/mol. The van der Waals surface area contributed by atoms with E-state index < -0.39 is 0 Å². The maximum absolute atomic E-state index is 6.25. The number of aromatic nitrogens is 6. The lowest BCUT2D eigenvalue weighted by Crippen LogP contribution is -2.08. The second-order valence-electron chi connectivity index (χ2n) is 8.12. The molecule has 0 aliphatic carbocycles. The van der Waals surface area contributed by atoms with Gasteiger partial charge in [-0.2, -0.15) is 4.68 Å². The number of nitrogens with zero attached hydrogens (tertiary/aromatic N) is 6. The fraction of sp³-hybridized carbons (Fsp3) is 0.0741. The minimum Gasteiger partial charge on any atom is -0.349 e. The number of tetrazole rings is 1. The summed E-state index contributed by atoms with van der Waals surface area (Å²) in [7, 11) is 0. The van der Waals surface area contributed by atoms with Gasteiger partial charge in [-0.3, -0.25) is 9.97 Å². The number of nitrogens with two attached hydrogens (primary N) is 1. The molecule has 0 fully saturated rings. The molecule has 0 saturated heterocycles. The summed E-state index contributed by atoms with van der Waals surface area (Å²) in [4.78, 5) is 8.72. The van der Waals surface area contributed by atoms with Crippen molar-refractivity contribution in [2.75, 3.05) is 5.32 Å². The van der Waals surface area contributed by atoms with Crippen LogP contribution in [0.1, 0.15) is 11.1 Å². The maximum atomic E-state index is 6.25. The van der Waals surface area contributed by atoms with E-state index in [1.807, 2.05) is 60.9 Å². The Morgan fingerprint density at radius 1 is 0.784 bits per heavy atom. The normalized spacial score (nSPS) is 10.8. The molecule has 0 saturated carbocycles. The van der Waals surface area contributed by atoms with Crippen LogP contribution in [0.25, 0.3) is 27.5 Å². The molecule has 10 heteroatoms. The predicted octanol–water partition coefficient (Wildman–Crippen LogP) is 5.82. The van der Waals surface area contributed by atoms with E-state index >= 15 is 0 Å². The molecular formula is C27H22Cl2N8. The number of hydrogen-bond donors (Lipinski definition) is 2. The maximum Gasteiger partial charge on any atom is 0.248 e. The van der Waals surface area contributed by atoms with Gasteiger partial charge in [-0.25, -0.2) is 0 Å². The average molecular weight is 529 g/mol. The van der Waals surface area contributed by atoms with Crippen LogP contribution in [-0.2, 0) is 13.1 Å². The summed E-state index contributed by atoms with van der Waals surface area (Å²) in [6.07, 6.45) is 3.65. The Morgan fingerprint density at radius 3 is 2.14 bits per heavy atom. The molecule has 0 unspecified atom stereocenters. The van der Waals surface area contributed by atoms with Gasteiger partial charge in [0.05, 0.1) is 26.8 Å². The summed E-state index contributed by atoms with van der Waals surface area (Å²) >= 11 is 12.3. The molecule has 0 aliphatic heterocycles. The van der Waals surface area contributed by atoms with Crippen LogP contribution < -0.4 is 11.1 Å². The van der Waals surface area contributed by atoms with Crippen LogP contribution >= 0.6 is 23.2 Å². The number of hydrogen-bond acceptors (Lipinski definition) is 7. The van der Waals surface area contributed by atoms with Gasteiger partial charge in [0.15, 0.2) is 0 Å². The molecule has 8 nitrogen and oxygen atoms in total. The second kappa shape index (κ2) is 11.3. The van der Waals surface area contributed by atoms with E-state index in [-0.39, 0.29) is 0 Å². The van der Waals surface area contributed by atoms with Crippen molar-refractivity contribution in [3.05, 3.63) is 112 Å². The quantitative estimate of drug-likeness (QED) is 0.290. The van der Waals surface area contributed by atoms with Gasteiger partial charge in [0.2, 0.25) is 5.95 Å². The lowest BCUT2D eigenvalue weighted by molar-refractivity contribution is 0.789. The van der Waals surface area contributed by atoms with Gasteiger partial charge in [0.1, 0.15) is 0 Å². The van der Waals surface area contributed by atoms with Crippen LogP contribution in [0.5, 0.6) is 0 Å². The van der Waals surface area contributed by atoms with Crippen LogP contribution in [0, 0.1) is 0 Å². The second-order valence-corrected chi connectivity index (χ2v) is 8.90. The van der Waals surface area contributed by atoms with E-state index in [0.717, 1.165) is 32.9 Å². The lowest BCUT2D eigenvalue weighted by Gasteiger charge is -2.09. The van der Waals surface area contributed by atoms with Gasteiger partial charge >= 0.3 is 0 Å². The molecule has 0 atom stereocenters. The van der Waals surface area contributed by atoms with E-state index in [0.29, 0.717) is 34.8 Å². The number of benzene rings is 3. The number of pyridine rings is 2. The Hall–Kier alpha value is -4.11. The number of fused-ring (bicyclic) bond motifs is 2. The largest absolute Gasteiger partial charge is 0.349 e. The Morgan fingerprint density at radius 2 is 1.43 bits per heavy atom. The van der Waals surface area contributed by atoms with Crippen LogP contribution in [0.15, 0.2) is 91.3 Å². The number of para-hydroxylation sites is 2. The Labute approximate surface area is 223 Å². The highest BCUT2D eigenvalue weighted by molar-refractivity contribution is 6.43. The number of anilines is 1. The standard InChI is InChI=1S/C17H12Cl2N6.C10H10N2/c18-13-5-3-7-15(16(13)19)25-17(22-23-24-25)21-10-11-8-12-4-1-2-6-14(12)20-9-11;11-6-8-5-9-3-1-2-4-10(9)12-7-8/h1-9H,10H2,(H,21,22,24);1-5,7H,6,11H2. The molecule has 184 valence electrons. The van der Waals surface area contributed by atoms with Crippen molar-refractivity contribution in [2.24, 2.45) is 5.73 Å². The van der Waals surface area contributed by atoms with Crippen molar-refractivity contribution in [1.29, 1.82) is 0 Å². The molecule has 6 aromatic rings. The topological polar surface area (TPSA) is 107 Å². The Kier molecular flexibility index (Phi) is 7.51. The highest BCUT2D eigenvalue weighted by Crippen LogP contribution is 2.29. The molecule has 0 amide bonds. The van der Waals surface area contributed by atoms with Crippen LogP contribution in [0.3, 0.4) is 0 Å². The third-order valence-electron chi connectivity index (χ3n) is 5.61. The molecule has 3 N–H and O–H groups in total. The van der Waals surface area contributed by atoms with Gasteiger partial charge in [0.25, 0.3) is 0 Å². The molecule has 0 aliphatic rings. The first-order chi connectivity index (χ1) is 18.1. The number of nitrogens with one attached hydrogen (secondary N) is 1. The first-order valence-electron chi connectivity index (χ1n) is 11.5. The molecule has 37 heavy (non-hydrogen) atoms. The van der Waals surface area contributed by atoms with E-state index in [4.69, 9.17) is 28.9 Å². The monoisotopic (exact) mass is 528 g/mol. The smallest absolute Gasteiger partial charge is 0.248 e. The third kappa shape index (κ3) is 5.67. The Bertz CT molecular complexity index is 1670. The molecule has 0 bridgehead atoms. The van der Waals surface area contributed by atoms with Gasteiger partial charge < -0.3 is 11.1 Å². The average Bonchev–Trinajstić information content (AvgIpc) is 3.41. The SMILES string of the molecule is Clc1cccc(-n2nnnc2NCc2cnc3ccccc3c2)c1Cl.NCc1cnc2ccccc2c1. The molecule has 0 radical (unpaired) electrons. The third-order valence-corrected chi connectivity index (χ3v) is 6.42. The minimum atomic E-state index is 0.395. The molecule has 3 aromatic heterocycles. The lowest BCUT2D eigenvalue weighted by atomic mass is 10.1. The summed E-state index contributed by atoms with van der Waals surface area (Å²) in [6.45, 7) is 1.08. The van der Waals surface area contributed by atoms with Crippen molar-refractivity contribution in [1.82, 2.24) is 30.2 Å². The molecule has 0 spiro atoms. The fourth-order valence-corrected chi connectivity index (χ4v) is 4.11. The van der Waals surface area contributed by atoms with Gasteiger partial charge in [-0.15, -0.1) is 0 Å². The van der Waals surface area contributed by atoms with Crippen LogP contribution in [0.4, 0.5) is 5.95 Å². The van der Waals surface area contributed by atoms with Crippen molar-refractivity contribution in [2.45, 2.75) is 13.1 Å². The molecule has 3 aromatic carbocycles. The van der Waals surface area contributed by atoms with Crippen molar-refractivity contribution >= 4 is 51.0 Å². The number of rotatable bonds is 5. The fourth-order valence-electron chi connectivity index (χ4n) is 3.74. The number of halogens is 2. The zero-order chi connectivity index (χ0) is 25.6. The van der Waals surface area contributed by atoms with E-state index in [2.05, 4.69) is 42.9 Å². The van der Waals surface area contributed by atoms with Crippen molar-refractivity contribution in [3.63, 3.8) is 0 Å². The minimum absolute atomic E-state index is 0.395. The highest BCUT2D eigenvalue weighted by Gasteiger charge is 2.13. The summed E-state index contributed by atoms with van der Waals surface area (Å²) in [6, 6.07) is 25.5. The van der Waals surface area contributed by atoms with Crippen molar-refractivity contribution in [3.8, 4) is 5.69 Å². The summed E-state index contributed by atoms with van der Waals surface area (Å²) < 4.78 is 1.52. The van der Waals surface area contributed by atoms with E-state index in [9.17, 15) is 0 Å².